The van der Waals surface area contributed by atoms with Crippen LogP contribution in [-0.4, -0.2) is 22.9 Å². The summed E-state index contributed by atoms with van der Waals surface area (Å²) >= 11 is 0. The van der Waals surface area contributed by atoms with Crippen LogP contribution >= 0.6 is 0 Å². The largest absolute Gasteiger partial charge is 0.396 e. The van der Waals surface area contributed by atoms with Crippen molar-refractivity contribution in [3.63, 3.8) is 0 Å². The number of rotatable bonds is 1. The summed E-state index contributed by atoms with van der Waals surface area (Å²) in [6.07, 6.45) is 5.03. The molecule has 5 fully saturated rings. The van der Waals surface area contributed by atoms with Crippen molar-refractivity contribution in [2.75, 3.05) is 6.61 Å². The van der Waals surface area contributed by atoms with E-state index in [2.05, 4.69) is 0 Å². The maximum atomic E-state index is 10.0. The molecular weight excluding hydrogens is 164 g/mol. The SMILES string of the molecule is OCC1C(O)C2CC3CCC2CC31. The molecule has 4 bridgehead atoms. The van der Waals surface area contributed by atoms with Crippen LogP contribution in [0.4, 0.5) is 0 Å². The van der Waals surface area contributed by atoms with Crippen LogP contribution in [0.25, 0.3) is 0 Å². The lowest BCUT2D eigenvalue weighted by atomic mass is 9.49. The van der Waals surface area contributed by atoms with E-state index in [0.29, 0.717) is 11.8 Å². The molecule has 6 unspecified atom stereocenters. The van der Waals surface area contributed by atoms with E-state index in [1.807, 2.05) is 0 Å². The van der Waals surface area contributed by atoms with Crippen molar-refractivity contribution in [2.24, 2.45) is 29.6 Å². The van der Waals surface area contributed by atoms with Gasteiger partial charge in [0, 0.05) is 12.5 Å². The van der Waals surface area contributed by atoms with Gasteiger partial charge in [-0.15, -0.1) is 0 Å². The van der Waals surface area contributed by atoms with Crippen molar-refractivity contribution in [3.05, 3.63) is 0 Å². The molecule has 5 aliphatic rings. The van der Waals surface area contributed by atoms with Gasteiger partial charge in [-0.1, -0.05) is 0 Å². The van der Waals surface area contributed by atoms with E-state index in [9.17, 15) is 10.2 Å². The fraction of sp³-hybridized carbons (Fsp3) is 1.00. The normalized spacial score (nSPS) is 58.6. The van der Waals surface area contributed by atoms with Crippen molar-refractivity contribution in [2.45, 2.75) is 31.8 Å². The quantitative estimate of drug-likeness (QED) is 0.635. The monoisotopic (exact) mass is 182 g/mol. The first-order valence-electron chi connectivity index (χ1n) is 5.60. The fourth-order valence-electron chi connectivity index (χ4n) is 4.28. The highest BCUT2D eigenvalue weighted by molar-refractivity contribution is 5.03. The molecule has 0 aromatic heterocycles. The standard InChI is InChI=1S/C11H18O2/c12-5-10-8-3-7-2-1-6(8)4-9(7)11(10)13/h6-13H,1-5H2. The topological polar surface area (TPSA) is 40.5 Å². The third-order valence-electron chi connectivity index (χ3n) is 4.91. The molecular formula is C11H18O2. The summed E-state index contributed by atoms with van der Waals surface area (Å²) in [5.74, 6) is 2.99. The number of fused-ring (bicyclic) bond motifs is 2. The van der Waals surface area contributed by atoms with E-state index in [1.165, 1.54) is 25.7 Å². The molecule has 0 saturated heterocycles. The number of aliphatic hydroxyl groups excluding tert-OH is 2. The molecule has 5 aliphatic carbocycles. The van der Waals surface area contributed by atoms with Crippen LogP contribution in [0.1, 0.15) is 25.7 Å². The van der Waals surface area contributed by atoms with Crippen LogP contribution in [0.2, 0.25) is 0 Å². The number of aliphatic hydroxyl groups is 2. The average Bonchev–Trinajstić information content (AvgIpc) is 2.19. The van der Waals surface area contributed by atoms with Crippen molar-refractivity contribution in [1.29, 1.82) is 0 Å². The van der Waals surface area contributed by atoms with Gasteiger partial charge in [0.05, 0.1) is 6.10 Å². The van der Waals surface area contributed by atoms with Crippen LogP contribution in [0, 0.1) is 29.6 Å². The van der Waals surface area contributed by atoms with Gasteiger partial charge in [0.15, 0.2) is 0 Å². The minimum Gasteiger partial charge on any atom is -0.396 e. The molecule has 5 rings (SSSR count). The summed E-state index contributed by atoms with van der Waals surface area (Å²) in [4.78, 5) is 0. The van der Waals surface area contributed by atoms with Gasteiger partial charge in [0.1, 0.15) is 0 Å². The fourth-order valence-corrected chi connectivity index (χ4v) is 4.28. The second-order valence-corrected chi connectivity index (χ2v) is 5.23. The summed E-state index contributed by atoms with van der Waals surface area (Å²) in [7, 11) is 0. The summed E-state index contributed by atoms with van der Waals surface area (Å²) in [6.45, 7) is 0.200. The molecule has 13 heavy (non-hydrogen) atoms. The Morgan fingerprint density at radius 1 is 1.00 bits per heavy atom. The van der Waals surface area contributed by atoms with Crippen LogP contribution < -0.4 is 0 Å². The second-order valence-electron chi connectivity index (χ2n) is 5.23. The third-order valence-corrected chi connectivity index (χ3v) is 4.91. The van der Waals surface area contributed by atoms with Gasteiger partial charge in [-0.05, 0) is 49.4 Å². The van der Waals surface area contributed by atoms with Gasteiger partial charge in [-0.3, -0.25) is 0 Å². The van der Waals surface area contributed by atoms with Crippen molar-refractivity contribution in [1.82, 2.24) is 0 Å². The molecule has 0 aromatic rings. The third kappa shape index (κ3) is 0.962. The molecule has 0 radical (unpaired) electrons. The van der Waals surface area contributed by atoms with Gasteiger partial charge in [-0.2, -0.15) is 0 Å². The summed E-state index contributed by atoms with van der Waals surface area (Å²) in [5, 5.41) is 19.3. The van der Waals surface area contributed by atoms with Gasteiger partial charge in [-0.25, -0.2) is 0 Å². The molecule has 0 heterocycles. The van der Waals surface area contributed by atoms with E-state index in [1.54, 1.807) is 0 Å². The lowest BCUT2D eigenvalue weighted by Gasteiger charge is -2.58. The highest BCUT2D eigenvalue weighted by Gasteiger charge is 2.54. The van der Waals surface area contributed by atoms with E-state index in [4.69, 9.17) is 0 Å². The Labute approximate surface area is 79.0 Å². The van der Waals surface area contributed by atoms with Crippen LogP contribution in [0.5, 0.6) is 0 Å². The molecule has 2 N–H and O–H groups in total. The minimum absolute atomic E-state index is 0.190. The smallest absolute Gasteiger partial charge is 0.0623 e. The molecule has 2 heteroatoms. The Balaban J connectivity index is 1.91. The molecule has 2 nitrogen and oxygen atoms in total. The zero-order valence-electron chi connectivity index (χ0n) is 7.89. The predicted molar refractivity (Wildman–Crippen MR) is 49.0 cm³/mol. The average molecular weight is 182 g/mol. The molecule has 0 amide bonds. The Morgan fingerprint density at radius 2 is 1.62 bits per heavy atom. The van der Waals surface area contributed by atoms with Crippen molar-refractivity contribution >= 4 is 0 Å². The van der Waals surface area contributed by atoms with Gasteiger partial charge >= 0.3 is 0 Å². The van der Waals surface area contributed by atoms with E-state index < -0.39 is 0 Å². The second kappa shape index (κ2) is 2.71. The van der Waals surface area contributed by atoms with Crippen LogP contribution in [0.15, 0.2) is 0 Å². The Hall–Kier alpha value is -0.0800. The molecule has 0 spiro atoms. The lowest BCUT2D eigenvalue weighted by Crippen LogP contribution is -2.56. The van der Waals surface area contributed by atoms with Crippen molar-refractivity contribution < 1.29 is 10.2 Å². The Kier molecular flexibility index (Phi) is 1.72. The predicted octanol–water partition coefficient (Wildman–Crippen LogP) is 1.02. The highest BCUT2D eigenvalue weighted by Crippen LogP contribution is 2.57. The highest BCUT2D eigenvalue weighted by atomic mass is 16.3. The summed E-state index contributed by atoms with van der Waals surface area (Å²) in [5.41, 5.74) is 0. The molecule has 0 aliphatic heterocycles. The van der Waals surface area contributed by atoms with Gasteiger partial charge in [0.25, 0.3) is 0 Å². The van der Waals surface area contributed by atoms with E-state index in [-0.39, 0.29) is 18.6 Å². The molecule has 5 saturated carbocycles. The first-order valence-corrected chi connectivity index (χ1v) is 5.60. The van der Waals surface area contributed by atoms with Crippen LogP contribution in [-0.2, 0) is 0 Å². The molecule has 0 aromatic carbocycles. The number of hydrogen-bond acceptors (Lipinski definition) is 2. The first-order chi connectivity index (χ1) is 6.31. The molecule has 74 valence electrons. The summed E-state index contributed by atoms with van der Waals surface area (Å²) in [6, 6.07) is 0. The van der Waals surface area contributed by atoms with E-state index >= 15 is 0 Å². The zero-order chi connectivity index (χ0) is 9.00. The van der Waals surface area contributed by atoms with Crippen LogP contribution in [0.3, 0.4) is 0 Å². The number of hydrogen-bond donors (Lipinski definition) is 2. The zero-order valence-corrected chi connectivity index (χ0v) is 7.89. The first kappa shape index (κ1) is 8.25. The molecule has 6 atom stereocenters. The maximum absolute atomic E-state index is 10.0. The maximum Gasteiger partial charge on any atom is 0.0623 e. The van der Waals surface area contributed by atoms with Gasteiger partial charge < -0.3 is 10.2 Å². The van der Waals surface area contributed by atoms with Gasteiger partial charge in [0.2, 0.25) is 0 Å². The van der Waals surface area contributed by atoms with Crippen molar-refractivity contribution in [3.8, 4) is 0 Å². The minimum atomic E-state index is -0.190. The Morgan fingerprint density at radius 3 is 2.15 bits per heavy atom. The Bertz CT molecular complexity index is 214. The summed E-state index contributed by atoms with van der Waals surface area (Å²) < 4.78 is 0. The van der Waals surface area contributed by atoms with E-state index in [0.717, 1.165) is 11.8 Å². The lowest BCUT2D eigenvalue weighted by molar-refractivity contribution is -0.156.